The van der Waals surface area contributed by atoms with Gasteiger partial charge < -0.3 is 9.47 Å². The quantitative estimate of drug-likeness (QED) is 0.708. The molecule has 0 aliphatic carbocycles. The third kappa shape index (κ3) is 5.24. The summed E-state index contributed by atoms with van der Waals surface area (Å²) in [7, 11) is 0. The molecule has 0 radical (unpaired) electrons. The Morgan fingerprint density at radius 3 is 2.45 bits per heavy atom. The molecule has 0 fully saturated rings. The highest BCUT2D eigenvalue weighted by Gasteiger charge is 2.12. The van der Waals surface area contributed by atoms with Crippen LogP contribution in [0.25, 0.3) is 0 Å². The third-order valence-electron chi connectivity index (χ3n) is 2.92. The molecule has 1 aromatic carbocycles. The second-order valence-electron chi connectivity index (χ2n) is 5.71. The normalized spacial score (nSPS) is 10.9. The molecule has 0 saturated carbocycles. The van der Waals surface area contributed by atoms with E-state index in [0.717, 1.165) is 16.9 Å². The first-order valence-corrected chi connectivity index (χ1v) is 7.35. The fourth-order valence-electron chi connectivity index (χ4n) is 1.93. The van der Waals surface area contributed by atoms with Crippen LogP contribution in [0.2, 0.25) is 0 Å². The maximum atomic E-state index is 11.5. The van der Waals surface area contributed by atoms with Crippen LogP contribution in [0.5, 0.6) is 5.75 Å². The molecule has 0 atom stereocenters. The molecule has 0 saturated heterocycles. The van der Waals surface area contributed by atoms with E-state index in [1.807, 2.05) is 19.1 Å². The molecule has 20 heavy (non-hydrogen) atoms. The smallest absolute Gasteiger partial charge is 0.310 e. The molecular formula is C17H26O3. The van der Waals surface area contributed by atoms with Crippen molar-refractivity contribution in [1.29, 1.82) is 0 Å². The van der Waals surface area contributed by atoms with E-state index in [-0.39, 0.29) is 5.97 Å². The molecule has 0 amide bonds. The average molecular weight is 278 g/mol. The Hall–Kier alpha value is -1.51. The number of rotatable bonds is 7. The van der Waals surface area contributed by atoms with E-state index in [1.54, 1.807) is 0 Å². The predicted molar refractivity (Wildman–Crippen MR) is 81.2 cm³/mol. The van der Waals surface area contributed by atoms with Crippen LogP contribution in [0.1, 0.15) is 51.7 Å². The Morgan fingerprint density at radius 1 is 1.20 bits per heavy atom. The Morgan fingerprint density at radius 2 is 1.90 bits per heavy atom. The lowest BCUT2D eigenvalue weighted by Gasteiger charge is -2.16. The van der Waals surface area contributed by atoms with Gasteiger partial charge in [0, 0.05) is 0 Å². The van der Waals surface area contributed by atoms with Crippen LogP contribution in [0.4, 0.5) is 0 Å². The molecule has 112 valence electrons. The highest BCUT2D eigenvalue weighted by molar-refractivity contribution is 5.72. The molecule has 0 aliphatic heterocycles. The van der Waals surface area contributed by atoms with Crippen molar-refractivity contribution < 1.29 is 14.3 Å². The molecule has 0 aromatic heterocycles. The lowest BCUT2D eigenvalue weighted by atomic mass is 9.98. The molecule has 3 heteroatoms. The predicted octanol–water partition coefficient (Wildman–Crippen LogP) is 3.95. The highest BCUT2D eigenvalue weighted by Crippen LogP contribution is 2.28. The number of ether oxygens (including phenoxy) is 2. The van der Waals surface area contributed by atoms with Crippen LogP contribution in [0.15, 0.2) is 18.2 Å². The summed E-state index contributed by atoms with van der Waals surface area (Å²) in [6, 6.07) is 5.96. The van der Waals surface area contributed by atoms with Gasteiger partial charge in [0.1, 0.15) is 5.75 Å². The van der Waals surface area contributed by atoms with Crippen molar-refractivity contribution in [1.82, 2.24) is 0 Å². The summed E-state index contributed by atoms with van der Waals surface area (Å²) in [5.74, 6) is 1.59. The Labute approximate surface area is 122 Å². The summed E-state index contributed by atoms with van der Waals surface area (Å²) in [5, 5.41) is 0. The zero-order chi connectivity index (χ0) is 15.1. The van der Waals surface area contributed by atoms with E-state index in [1.165, 1.54) is 0 Å². The first-order valence-electron chi connectivity index (χ1n) is 7.35. The summed E-state index contributed by atoms with van der Waals surface area (Å²) >= 11 is 0. The first-order chi connectivity index (χ1) is 9.43. The van der Waals surface area contributed by atoms with Crippen LogP contribution in [-0.4, -0.2) is 19.2 Å². The largest absolute Gasteiger partial charge is 0.493 e. The highest BCUT2D eigenvalue weighted by atomic mass is 16.5. The van der Waals surface area contributed by atoms with Crippen molar-refractivity contribution in [3.63, 3.8) is 0 Å². The molecule has 0 unspecified atom stereocenters. The van der Waals surface area contributed by atoms with Gasteiger partial charge in [0.2, 0.25) is 0 Å². The van der Waals surface area contributed by atoms with E-state index in [4.69, 9.17) is 9.47 Å². The standard InChI is InChI=1S/C17H26O3/c1-6-19-17(18)10-14-7-8-16(20-11-12(2)3)15(9-14)13(4)5/h7-9,12-13H,6,10-11H2,1-5H3. The van der Waals surface area contributed by atoms with E-state index in [2.05, 4.69) is 33.8 Å². The second-order valence-corrected chi connectivity index (χ2v) is 5.71. The van der Waals surface area contributed by atoms with E-state index in [0.29, 0.717) is 31.5 Å². The van der Waals surface area contributed by atoms with Gasteiger partial charge in [0.15, 0.2) is 0 Å². The number of benzene rings is 1. The Kier molecular flexibility index (Phi) is 6.56. The molecule has 1 aromatic rings. The van der Waals surface area contributed by atoms with Crippen LogP contribution < -0.4 is 4.74 Å². The minimum atomic E-state index is -0.182. The molecular weight excluding hydrogens is 252 g/mol. The monoisotopic (exact) mass is 278 g/mol. The fraction of sp³-hybridized carbons (Fsp3) is 0.588. The van der Waals surface area contributed by atoms with Crippen molar-refractivity contribution in [2.45, 2.75) is 47.0 Å². The van der Waals surface area contributed by atoms with Crippen molar-refractivity contribution in [3.8, 4) is 5.75 Å². The van der Waals surface area contributed by atoms with Gasteiger partial charge in [0.25, 0.3) is 0 Å². The summed E-state index contributed by atoms with van der Waals surface area (Å²) in [6.45, 7) is 11.5. The van der Waals surface area contributed by atoms with E-state index >= 15 is 0 Å². The number of carbonyl (C=O) groups excluding carboxylic acids is 1. The molecule has 1 rings (SSSR count). The van der Waals surface area contributed by atoms with Crippen molar-refractivity contribution in [2.75, 3.05) is 13.2 Å². The minimum Gasteiger partial charge on any atom is -0.493 e. The number of hydrogen-bond donors (Lipinski definition) is 0. The number of esters is 1. The molecule has 3 nitrogen and oxygen atoms in total. The molecule has 0 aliphatic rings. The summed E-state index contributed by atoms with van der Waals surface area (Å²) in [6.07, 6.45) is 0.317. The lowest BCUT2D eigenvalue weighted by molar-refractivity contribution is -0.142. The van der Waals surface area contributed by atoms with Crippen LogP contribution >= 0.6 is 0 Å². The Bertz CT molecular complexity index is 436. The van der Waals surface area contributed by atoms with E-state index in [9.17, 15) is 4.79 Å². The third-order valence-corrected chi connectivity index (χ3v) is 2.92. The average Bonchev–Trinajstić information content (AvgIpc) is 2.37. The van der Waals surface area contributed by atoms with E-state index < -0.39 is 0 Å². The number of carbonyl (C=O) groups is 1. The Balaban J connectivity index is 2.86. The van der Waals surface area contributed by atoms with Crippen molar-refractivity contribution >= 4 is 5.97 Å². The second kappa shape index (κ2) is 7.93. The van der Waals surface area contributed by atoms with Crippen molar-refractivity contribution in [2.24, 2.45) is 5.92 Å². The molecule has 0 heterocycles. The topological polar surface area (TPSA) is 35.5 Å². The van der Waals surface area contributed by atoms with Crippen LogP contribution in [-0.2, 0) is 16.0 Å². The zero-order valence-corrected chi connectivity index (χ0v) is 13.2. The zero-order valence-electron chi connectivity index (χ0n) is 13.2. The van der Waals surface area contributed by atoms with Gasteiger partial charge >= 0.3 is 5.97 Å². The van der Waals surface area contributed by atoms with Gasteiger partial charge in [-0.05, 0) is 36.0 Å². The minimum absolute atomic E-state index is 0.182. The molecule has 0 spiro atoms. The maximum absolute atomic E-state index is 11.5. The first kappa shape index (κ1) is 16.5. The fourth-order valence-corrected chi connectivity index (χ4v) is 1.93. The van der Waals surface area contributed by atoms with Gasteiger partial charge in [0.05, 0.1) is 19.6 Å². The molecule has 0 bridgehead atoms. The van der Waals surface area contributed by atoms with Crippen LogP contribution in [0.3, 0.4) is 0 Å². The molecule has 0 N–H and O–H groups in total. The maximum Gasteiger partial charge on any atom is 0.310 e. The van der Waals surface area contributed by atoms with Gasteiger partial charge in [-0.25, -0.2) is 0 Å². The summed E-state index contributed by atoms with van der Waals surface area (Å²) < 4.78 is 10.8. The van der Waals surface area contributed by atoms with Gasteiger partial charge in [-0.2, -0.15) is 0 Å². The van der Waals surface area contributed by atoms with Gasteiger partial charge in [-0.3, -0.25) is 4.79 Å². The lowest BCUT2D eigenvalue weighted by Crippen LogP contribution is -2.09. The van der Waals surface area contributed by atoms with Crippen LogP contribution in [0, 0.1) is 5.92 Å². The number of hydrogen-bond acceptors (Lipinski definition) is 3. The van der Waals surface area contributed by atoms with Gasteiger partial charge in [-0.15, -0.1) is 0 Å². The summed E-state index contributed by atoms with van der Waals surface area (Å²) in [5.41, 5.74) is 2.12. The van der Waals surface area contributed by atoms with Crippen molar-refractivity contribution in [3.05, 3.63) is 29.3 Å². The SMILES string of the molecule is CCOC(=O)Cc1ccc(OCC(C)C)c(C(C)C)c1. The summed E-state index contributed by atoms with van der Waals surface area (Å²) in [4.78, 5) is 11.5. The van der Waals surface area contributed by atoms with Gasteiger partial charge in [-0.1, -0.05) is 39.8 Å².